The van der Waals surface area contributed by atoms with E-state index in [4.69, 9.17) is 8.48 Å². The summed E-state index contributed by atoms with van der Waals surface area (Å²) in [5, 5.41) is 18.4. The van der Waals surface area contributed by atoms with Crippen LogP contribution in [-0.4, -0.2) is 46.0 Å². The lowest BCUT2D eigenvalue weighted by Crippen LogP contribution is -2.15. The second-order valence-corrected chi connectivity index (χ2v) is 6.77. The van der Waals surface area contributed by atoms with Gasteiger partial charge in [0.2, 0.25) is 5.95 Å². The molecule has 9 nitrogen and oxygen atoms in total. The summed E-state index contributed by atoms with van der Waals surface area (Å²) >= 11 is 0. The number of pyridine rings is 1. The van der Waals surface area contributed by atoms with Crippen molar-refractivity contribution in [3.05, 3.63) is 78.8 Å². The van der Waals surface area contributed by atoms with E-state index >= 15 is 0 Å². The van der Waals surface area contributed by atoms with Crippen LogP contribution >= 0.6 is 0 Å². The molecule has 3 N–H and O–H groups in total. The minimum atomic E-state index is -2.65. The quantitative estimate of drug-likeness (QED) is 0.449. The van der Waals surface area contributed by atoms with Crippen molar-refractivity contribution in [1.82, 2.24) is 34.3 Å². The van der Waals surface area contributed by atoms with E-state index in [9.17, 15) is 9.50 Å². The Bertz CT molecular complexity index is 1440. The number of anilines is 1. The van der Waals surface area contributed by atoms with Gasteiger partial charge in [-0.25, -0.2) is 13.9 Å². The number of aliphatic hydroxyl groups is 1. The number of hydrogen-bond donors (Lipinski definition) is 2. The number of rotatable bonds is 5. The van der Waals surface area contributed by atoms with Gasteiger partial charge in [0.05, 0.1) is 45.3 Å². The van der Waals surface area contributed by atoms with Gasteiger partial charge in [-0.1, -0.05) is 12.1 Å². The Morgan fingerprint density at radius 2 is 1.84 bits per heavy atom. The Hall–Kier alpha value is -4.18. The van der Waals surface area contributed by atoms with E-state index in [0.29, 0.717) is 28.2 Å². The number of nitrogens with two attached hydrogens (primary N) is 1. The standard InChI is InChI=1S/C21H17FN8O/c22-16-3-1-13(2-4-16)19(12-31)30-11-15(8-25-30)18-10-24-9-17(26-18)14-5-6-29-20(7-14)27-21(23)28-29/h1-11,19,31H,12H2,(H2,23,28)/i12D2. The number of aromatic nitrogens is 7. The van der Waals surface area contributed by atoms with Crippen LogP contribution in [0, 0.1) is 5.82 Å². The van der Waals surface area contributed by atoms with Crippen molar-refractivity contribution in [2.75, 3.05) is 12.3 Å². The molecule has 4 aromatic heterocycles. The van der Waals surface area contributed by atoms with Crippen molar-refractivity contribution in [3.8, 4) is 22.5 Å². The summed E-state index contributed by atoms with van der Waals surface area (Å²) in [6, 6.07) is 7.62. The fourth-order valence-corrected chi connectivity index (χ4v) is 3.25. The molecule has 0 aliphatic carbocycles. The highest BCUT2D eigenvalue weighted by Crippen LogP contribution is 2.24. The average Bonchev–Trinajstić information content (AvgIpc) is 3.40. The largest absolute Gasteiger partial charge is 0.394 e. The molecule has 154 valence electrons. The Balaban J connectivity index is 1.50. The molecule has 0 bridgehead atoms. The molecule has 5 rings (SSSR count). The van der Waals surface area contributed by atoms with Crippen LogP contribution < -0.4 is 5.73 Å². The lowest BCUT2D eigenvalue weighted by Gasteiger charge is -2.15. The molecule has 0 aliphatic rings. The SMILES string of the molecule is [2H]C([2H])(O)C(c1ccc(F)cc1)n1cc(-c2cncc(-c3ccn4nc(N)nc4c3)n2)cn1. The van der Waals surface area contributed by atoms with Gasteiger partial charge in [0.1, 0.15) is 5.82 Å². The summed E-state index contributed by atoms with van der Waals surface area (Å²) in [5.41, 5.74) is 8.97. The molecule has 1 aromatic carbocycles. The maximum atomic E-state index is 13.3. The van der Waals surface area contributed by atoms with Crippen LogP contribution in [0.5, 0.6) is 0 Å². The van der Waals surface area contributed by atoms with Gasteiger partial charge < -0.3 is 10.8 Å². The first-order valence-electron chi connectivity index (χ1n) is 10.2. The maximum Gasteiger partial charge on any atom is 0.240 e. The molecule has 10 heteroatoms. The molecule has 0 fully saturated rings. The minimum Gasteiger partial charge on any atom is -0.394 e. The van der Waals surface area contributed by atoms with Gasteiger partial charge in [0.15, 0.2) is 5.65 Å². The van der Waals surface area contributed by atoms with Crippen molar-refractivity contribution in [1.29, 1.82) is 0 Å². The first kappa shape index (κ1) is 16.6. The van der Waals surface area contributed by atoms with E-state index in [2.05, 4.69) is 25.1 Å². The molecule has 31 heavy (non-hydrogen) atoms. The lowest BCUT2D eigenvalue weighted by molar-refractivity contribution is 0.241. The van der Waals surface area contributed by atoms with Crippen LogP contribution in [0.1, 0.15) is 14.3 Å². The molecule has 1 unspecified atom stereocenters. The third-order valence-electron chi connectivity index (χ3n) is 4.75. The summed E-state index contributed by atoms with van der Waals surface area (Å²) in [5.74, 6) is -0.296. The number of hydrogen-bond acceptors (Lipinski definition) is 7. The number of halogens is 1. The predicted octanol–water partition coefficient (Wildman–Crippen LogP) is 2.35. The third-order valence-corrected chi connectivity index (χ3v) is 4.75. The molecule has 0 spiro atoms. The molecular formula is C21H17FN8O. The Morgan fingerprint density at radius 1 is 1.06 bits per heavy atom. The van der Waals surface area contributed by atoms with Gasteiger partial charge in [-0.2, -0.15) is 10.1 Å². The molecule has 0 radical (unpaired) electrons. The number of fused-ring (bicyclic) bond motifs is 1. The molecule has 1 atom stereocenters. The fourth-order valence-electron chi connectivity index (χ4n) is 3.25. The van der Waals surface area contributed by atoms with Gasteiger partial charge in [-0.3, -0.25) is 9.67 Å². The highest BCUT2D eigenvalue weighted by atomic mass is 19.1. The molecular weight excluding hydrogens is 399 g/mol. The van der Waals surface area contributed by atoms with Crippen LogP contribution in [0.3, 0.4) is 0 Å². The van der Waals surface area contributed by atoms with Crippen LogP contribution in [0.2, 0.25) is 0 Å². The van der Waals surface area contributed by atoms with Crippen molar-refractivity contribution in [2.24, 2.45) is 0 Å². The lowest BCUT2D eigenvalue weighted by atomic mass is 10.1. The summed E-state index contributed by atoms with van der Waals surface area (Å²) in [7, 11) is 0. The summed E-state index contributed by atoms with van der Waals surface area (Å²) < 4.78 is 31.9. The van der Waals surface area contributed by atoms with Gasteiger partial charge in [0, 0.05) is 23.5 Å². The van der Waals surface area contributed by atoms with Crippen LogP contribution in [0.4, 0.5) is 10.3 Å². The molecule has 0 amide bonds. The van der Waals surface area contributed by atoms with Gasteiger partial charge in [-0.15, -0.1) is 5.10 Å². The monoisotopic (exact) mass is 418 g/mol. The molecule has 0 saturated heterocycles. The highest BCUT2D eigenvalue weighted by molar-refractivity contribution is 5.66. The van der Waals surface area contributed by atoms with E-state index in [0.717, 1.165) is 5.56 Å². The van der Waals surface area contributed by atoms with Crippen molar-refractivity contribution in [2.45, 2.75) is 6.04 Å². The van der Waals surface area contributed by atoms with E-state index in [1.165, 1.54) is 35.1 Å². The smallest absolute Gasteiger partial charge is 0.240 e. The van der Waals surface area contributed by atoms with E-state index in [1.54, 1.807) is 35.4 Å². The maximum absolute atomic E-state index is 13.3. The number of nitrogens with zero attached hydrogens (tertiary/aromatic N) is 7. The number of nitrogen functional groups attached to an aromatic ring is 1. The average molecular weight is 418 g/mol. The Kier molecular flexibility index (Phi) is 4.06. The van der Waals surface area contributed by atoms with E-state index in [-0.39, 0.29) is 5.95 Å². The zero-order valence-corrected chi connectivity index (χ0v) is 16.0. The third kappa shape index (κ3) is 3.60. The van der Waals surface area contributed by atoms with Crippen LogP contribution in [0.25, 0.3) is 28.2 Å². The summed E-state index contributed by atoms with van der Waals surface area (Å²) in [4.78, 5) is 13.0. The second kappa shape index (κ2) is 7.58. The molecule has 4 heterocycles. The fraction of sp³-hybridized carbons (Fsp3) is 0.0952. The zero-order valence-electron chi connectivity index (χ0n) is 18.0. The summed E-state index contributed by atoms with van der Waals surface area (Å²) in [6.07, 6.45) is 7.93. The van der Waals surface area contributed by atoms with Gasteiger partial charge >= 0.3 is 0 Å². The zero-order chi connectivity index (χ0) is 23.2. The van der Waals surface area contributed by atoms with Crippen LogP contribution in [0.15, 0.2) is 67.4 Å². The molecule has 5 aromatic rings. The number of benzene rings is 1. The Labute approximate surface area is 178 Å². The predicted molar refractivity (Wildman–Crippen MR) is 111 cm³/mol. The highest BCUT2D eigenvalue weighted by Gasteiger charge is 2.16. The van der Waals surface area contributed by atoms with Gasteiger partial charge in [-0.05, 0) is 29.8 Å². The van der Waals surface area contributed by atoms with Gasteiger partial charge in [0.25, 0.3) is 0 Å². The minimum absolute atomic E-state index is 0.166. The van der Waals surface area contributed by atoms with Crippen LogP contribution in [-0.2, 0) is 0 Å². The molecule has 0 aliphatic heterocycles. The van der Waals surface area contributed by atoms with Crippen molar-refractivity contribution in [3.63, 3.8) is 0 Å². The van der Waals surface area contributed by atoms with Crippen molar-refractivity contribution >= 4 is 11.6 Å². The normalized spacial score (nSPS) is 13.7. The van der Waals surface area contributed by atoms with E-state index < -0.39 is 18.4 Å². The second-order valence-electron chi connectivity index (χ2n) is 6.77. The first-order valence-corrected chi connectivity index (χ1v) is 9.24. The van der Waals surface area contributed by atoms with E-state index in [1.807, 2.05) is 6.07 Å². The first-order chi connectivity index (χ1) is 15.8. The Morgan fingerprint density at radius 3 is 2.61 bits per heavy atom. The van der Waals surface area contributed by atoms with Crippen molar-refractivity contribution < 1.29 is 12.2 Å². The topological polar surface area (TPSA) is 120 Å². The summed E-state index contributed by atoms with van der Waals surface area (Å²) in [6.45, 7) is -2.65. The molecule has 0 saturated carbocycles.